The summed E-state index contributed by atoms with van der Waals surface area (Å²) in [4.78, 5) is 51.9. The van der Waals surface area contributed by atoms with Gasteiger partial charge in [0, 0.05) is 60.5 Å². The maximum atomic E-state index is 17.9. The van der Waals surface area contributed by atoms with E-state index in [1.165, 1.54) is 15.2 Å². The molecule has 2 unspecified atom stereocenters. The fraction of sp³-hybridized carbons (Fsp3) is 0.351. The van der Waals surface area contributed by atoms with Crippen molar-refractivity contribution in [3.8, 4) is 16.8 Å². The molecule has 9 nitrogen and oxygen atoms in total. The molecule has 5 aromatic rings. The molecule has 0 saturated carbocycles. The highest BCUT2D eigenvalue weighted by atomic mass is 35.5. The molecule has 3 aromatic heterocycles. The van der Waals surface area contributed by atoms with Crippen molar-refractivity contribution in [1.29, 1.82) is 0 Å². The number of aromatic amines is 1. The molecule has 11 heteroatoms. The van der Waals surface area contributed by atoms with Gasteiger partial charge in [-0.25, -0.2) is 9.18 Å². The number of halogens is 2. The monoisotopic (exact) mass is 668 g/mol. The number of piperazine rings is 1. The number of fused-ring (bicyclic) bond motifs is 6. The number of carbonyl (C=O) groups excluding carboxylic acids is 1. The molecule has 1 fully saturated rings. The fourth-order valence-electron chi connectivity index (χ4n) is 7.84. The van der Waals surface area contributed by atoms with Gasteiger partial charge in [0.1, 0.15) is 0 Å². The lowest BCUT2D eigenvalue weighted by Gasteiger charge is -2.49. The predicted octanol–water partition coefficient (Wildman–Crippen LogP) is 6.30. The van der Waals surface area contributed by atoms with Crippen molar-refractivity contribution >= 4 is 45.1 Å². The van der Waals surface area contributed by atoms with Gasteiger partial charge in [0.15, 0.2) is 5.82 Å². The van der Waals surface area contributed by atoms with Gasteiger partial charge >= 0.3 is 5.69 Å². The summed E-state index contributed by atoms with van der Waals surface area (Å²) >= 11 is 7.14. The zero-order valence-corrected chi connectivity index (χ0v) is 28.7. The smallest absolute Gasteiger partial charge is 0.326 e. The molecule has 5 heterocycles. The molecule has 0 aliphatic carbocycles. The molecule has 0 bridgehead atoms. The van der Waals surface area contributed by atoms with Gasteiger partial charge in [-0.1, -0.05) is 38.1 Å². The van der Waals surface area contributed by atoms with Gasteiger partial charge < -0.3 is 14.8 Å². The van der Waals surface area contributed by atoms with E-state index in [0.717, 1.165) is 11.1 Å². The second-order valence-corrected chi connectivity index (χ2v) is 13.9. The van der Waals surface area contributed by atoms with E-state index in [0.29, 0.717) is 70.5 Å². The molecule has 1 N–H and O–H groups in total. The van der Waals surface area contributed by atoms with Crippen molar-refractivity contribution in [3.63, 3.8) is 0 Å². The van der Waals surface area contributed by atoms with Gasteiger partial charge in [-0.05, 0) is 74.9 Å². The van der Waals surface area contributed by atoms with Crippen LogP contribution in [0.1, 0.15) is 55.5 Å². The minimum Gasteiger partial charge on any atom is -0.364 e. The van der Waals surface area contributed by atoms with Crippen molar-refractivity contribution < 1.29 is 9.18 Å². The number of amides is 1. The Hall–Kier alpha value is -4.70. The summed E-state index contributed by atoms with van der Waals surface area (Å²) in [6.45, 7) is 14.3. The number of nitrogens with zero attached hydrogens (tertiary/aromatic N) is 5. The highest BCUT2D eigenvalue weighted by molar-refractivity contribution is 6.35. The van der Waals surface area contributed by atoms with Crippen LogP contribution in [0.15, 0.2) is 52.7 Å². The minimum atomic E-state index is -0.657. The maximum Gasteiger partial charge on any atom is 0.326 e. The standard InChI is InChI=1S/C37H38ClFN6O3/c1-8-27(46)43-17-22-10-11-23-33(44(22)16-21(43)6)24-15-25(38)29(28-19(4)9-12-26-35(28)42(7)37(48)41-26)30(39)34(24)45(36(23)47)32-20(5)13-14-40-31(32)18(2)3/h8-9,12-15,18,21-22H,1,10-11,16-17H2,2-7H3,(H,41,48). The van der Waals surface area contributed by atoms with Gasteiger partial charge in [-0.2, -0.15) is 0 Å². The SMILES string of the molecule is C=CC(=O)N1CC2CCc3c(c4cc(Cl)c(-c5c(C)ccc6[nH]c(=O)n(C)c56)c(F)c4n(-c4c(C)ccnc4C(C)C)c3=O)N2CC1C. The quantitative estimate of drug-likeness (QED) is 0.227. The minimum absolute atomic E-state index is 0.0567. The number of aryl methyl sites for hydroxylation is 3. The van der Waals surface area contributed by atoms with Crippen LogP contribution in [-0.4, -0.2) is 55.1 Å². The second kappa shape index (κ2) is 11.5. The van der Waals surface area contributed by atoms with Gasteiger partial charge in [-0.15, -0.1) is 0 Å². The van der Waals surface area contributed by atoms with Crippen molar-refractivity contribution in [2.45, 2.75) is 65.5 Å². The summed E-state index contributed by atoms with van der Waals surface area (Å²) in [5.74, 6) is -0.849. The Labute approximate surface area is 282 Å². The third kappa shape index (κ3) is 4.56. The van der Waals surface area contributed by atoms with Gasteiger partial charge in [-0.3, -0.25) is 23.7 Å². The first-order valence-electron chi connectivity index (χ1n) is 16.3. The van der Waals surface area contributed by atoms with E-state index < -0.39 is 5.82 Å². The van der Waals surface area contributed by atoms with Crippen molar-refractivity contribution in [1.82, 2.24) is 24.0 Å². The number of imidazole rings is 1. The molecule has 0 radical (unpaired) electrons. The van der Waals surface area contributed by atoms with Crippen LogP contribution in [0.2, 0.25) is 5.02 Å². The molecule has 2 aliphatic heterocycles. The molecule has 2 atom stereocenters. The van der Waals surface area contributed by atoms with Crippen LogP contribution in [0.3, 0.4) is 0 Å². The highest BCUT2D eigenvalue weighted by Gasteiger charge is 2.40. The van der Waals surface area contributed by atoms with E-state index in [1.807, 2.05) is 51.7 Å². The first kappa shape index (κ1) is 31.9. The Balaban J connectivity index is 1.63. The van der Waals surface area contributed by atoms with Gasteiger partial charge in [0.05, 0.1) is 38.6 Å². The molecular formula is C37H38ClFN6O3. The number of carbonyl (C=O) groups is 1. The average Bonchev–Trinajstić information content (AvgIpc) is 3.34. The van der Waals surface area contributed by atoms with E-state index in [1.54, 1.807) is 25.4 Å². The van der Waals surface area contributed by atoms with Gasteiger partial charge in [0.25, 0.3) is 5.56 Å². The highest BCUT2D eigenvalue weighted by Crippen LogP contribution is 2.46. The van der Waals surface area contributed by atoms with Crippen molar-refractivity contribution in [3.05, 3.63) is 97.2 Å². The lowest BCUT2D eigenvalue weighted by Crippen LogP contribution is -2.60. The number of anilines is 1. The number of hydrogen-bond donors (Lipinski definition) is 1. The molecule has 2 aliphatic rings. The van der Waals surface area contributed by atoms with Crippen LogP contribution in [0.5, 0.6) is 0 Å². The van der Waals surface area contributed by atoms with Crippen molar-refractivity contribution in [2.24, 2.45) is 7.05 Å². The normalized spacial score (nSPS) is 17.7. The van der Waals surface area contributed by atoms with Crippen LogP contribution in [0, 0.1) is 19.7 Å². The van der Waals surface area contributed by atoms with Crippen molar-refractivity contribution in [2.75, 3.05) is 18.0 Å². The number of rotatable bonds is 4. The molecule has 2 aromatic carbocycles. The lowest BCUT2D eigenvalue weighted by molar-refractivity contribution is -0.129. The topological polar surface area (TPSA) is 96.2 Å². The van der Waals surface area contributed by atoms with Crippen LogP contribution >= 0.6 is 11.6 Å². The Morgan fingerprint density at radius 2 is 1.85 bits per heavy atom. The van der Waals surface area contributed by atoms with E-state index in [-0.39, 0.29) is 51.3 Å². The molecule has 1 amide bonds. The number of H-pyrrole nitrogens is 1. The number of benzene rings is 2. The fourth-order valence-corrected chi connectivity index (χ4v) is 8.13. The summed E-state index contributed by atoms with van der Waals surface area (Å²) in [7, 11) is 1.63. The summed E-state index contributed by atoms with van der Waals surface area (Å²) in [5.41, 5.74) is 5.12. The number of pyridine rings is 2. The number of nitrogens with one attached hydrogen (secondary N) is 1. The van der Waals surface area contributed by atoms with E-state index in [2.05, 4.69) is 21.4 Å². The average molecular weight is 669 g/mol. The van der Waals surface area contributed by atoms with E-state index in [4.69, 9.17) is 11.6 Å². The molecule has 7 rings (SSSR count). The zero-order valence-electron chi connectivity index (χ0n) is 27.9. The van der Waals surface area contributed by atoms with E-state index in [9.17, 15) is 14.4 Å². The lowest BCUT2D eigenvalue weighted by atomic mass is 9.89. The molecule has 1 saturated heterocycles. The van der Waals surface area contributed by atoms with E-state index >= 15 is 4.39 Å². The maximum absolute atomic E-state index is 17.9. The Kier molecular flexibility index (Phi) is 7.62. The number of hydrogen-bond acceptors (Lipinski definition) is 5. The third-order valence-electron chi connectivity index (χ3n) is 10.2. The summed E-state index contributed by atoms with van der Waals surface area (Å²) in [5, 5.41) is 0.682. The van der Waals surface area contributed by atoms with Crippen LogP contribution in [0.25, 0.3) is 38.8 Å². The Morgan fingerprint density at radius 3 is 2.56 bits per heavy atom. The largest absolute Gasteiger partial charge is 0.364 e. The summed E-state index contributed by atoms with van der Waals surface area (Å²) in [6, 6.07) is 6.98. The molecule has 0 spiro atoms. The first-order chi connectivity index (χ1) is 22.8. The Morgan fingerprint density at radius 1 is 1.10 bits per heavy atom. The molecular weight excluding hydrogens is 631 g/mol. The van der Waals surface area contributed by atoms with Crippen LogP contribution < -0.4 is 16.1 Å². The predicted molar refractivity (Wildman–Crippen MR) is 189 cm³/mol. The molecule has 48 heavy (non-hydrogen) atoms. The summed E-state index contributed by atoms with van der Waals surface area (Å²) < 4.78 is 20.9. The van der Waals surface area contributed by atoms with Crippen LogP contribution in [0.4, 0.5) is 10.1 Å². The Bertz CT molecular complexity index is 2320. The van der Waals surface area contributed by atoms with Crippen LogP contribution in [-0.2, 0) is 18.3 Å². The first-order valence-corrected chi connectivity index (χ1v) is 16.7. The number of aromatic nitrogens is 4. The molecule has 248 valence electrons. The zero-order chi connectivity index (χ0) is 34.3. The second-order valence-electron chi connectivity index (χ2n) is 13.5. The summed E-state index contributed by atoms with van der Waals surface area (Å²) in [6.07, 6.45) is 4.16. The third-order valence-corrected chi connectivity index (χ3v) is 10.5. The van der Waals surface area contributed by atoms with Gasteiger partial charge in [0.2, 0.25) is 5.91 Å².